The van der Waals surface area contributed by atoms with Crippen LogP contribution in [0.5, 0.6) is 5.75 Å². The Kier molecular flexibility index (Phi) is 8.57. The van der Waals surface area contributed by atoms with Crippen LogP contribution in [0.25, 0.3) is 0 Å². The number of ether oxygens (including phenoxy) is 1. The fourth-order valence-corrected chi connectivity index (χ4v) is 4.26. The van der Waals surface area contributed by atoms with E-state index in [9.17, 15) is 4.79 Å². The molecule has 0 bridgehead atoms. The molecule has 1 aliphatic carbocycles. The largest absolute Gasteiger partial charge is 0.490 e. The molecule has 2 heterocycles. The zero-order valence-corrected chi connectivity index (χ0v) is 19.3. The molecule has 2 aromatic rings. The first-order valence-corrected chi connectivity index (χ1v) is 11.1. The minimum atomic E-state index is -0.0809. The van der Waals surface area contributed by atoms with Crippen LogP contribution in [0.15, 0.2) is 36.5 Å². The molecule has 1 amide bonds. The van der Waals surface area contributed by atoms with Gasteiger partial charge in [0.05, 0.1) is 22.3 Å². The number of rotatable bonds is 5. The number of carbonyl (C=O) groups excluding carboxylic acids is 1. The van der Waals surface area contributed by atoms with Gasteiger partial charge >= 0.3 is 0 Å². The minimum Gasteiger partial charge on any atom is -0.490 e. The van der Waals surface area contributed by atoms with Crippen molar-refractivity contribution in [3.05, 3.63) is 52.7 Å². The maximum Gasteiger partial charge on any atom is 0.253 e. The molecule has 4 rings (SSSR count). The van der Waals surface area contributed by atoms with E-state index in [2.05, 4.69) is 20.5 Å². The second kappa shape index (κ2) is 11.4. The summed E-state index contributed by atoms with van der Waals surface area (Å²) >= 11 is 6.08. The summed E-state index contributed by atoms with van der Waals surface area (Å²) in [7, 11) is 0. The molecule has 32 heavy (non-hydrogen) atoms. The van der Waals surface area contributed by atoms with Gasteiger partial charge in [-0.2, -0.15) is 5.26 Å². The average Bonchev–Trinajstić information content (AvgIpc) is 2.81. The first kappa shape index (κ1) is 24.1. The van der Waals surface area contributed by atoms with Crippen molar-refractivity contribution in [2.24, 2.45) is 0 Å². The van der Waals surface area contributed by atoms with E-state index >= 15 is 0 Å². The van der Waals surface area contributed by atoms with Crippen LogP contribution in [-0.4, -0.2) is 49.2 Å². The number of anilines is 1. The molecule has 2 aliphatic rings. The van der Waals surface area contributed by atoms with Crippen molar-refractivity contribution >= 4 is 35.7 Å². The summed E-state index contributed by atoms with van der Waals surface area (Å²) in [5.41, 5.74) is 1.03. The molecule has 0 unspecified atom stereocenters. The number of aromatic nitrogens is 1. The molecular formula is C23H27Cl2N5O2. The van der Waals surface area contributed by atoms with Gasteiger partial charge in [-0.05, 0) is 49.9 Å². The Hall–Kier alpha value is -2.53. The number of nitriles is 1. The van der Waals surface area contributed by atoms with Crippen LogP contribution in [0.3, 0.4) is 0 Å². The van der Waals surface area contributed by atoms with Crippen molar-refractivity contribution in [1.82, 2.24) is 15.6 Å². The Balaban J connectivity index is 0.00000289. The first-order chi connectivity index (χ1) is 15.1. The molecule has 1 saturated carbocycles. The van der Waals surface area contributed by atoms with Gasteiger partial charge in [-0.3, -0.25) is 4.79 Å². The van der Waals surface area contributed by atoms with Crippen molar-refractivity contribution in [3.8, 4) is 11.8 Å². The second-order valence-corrected chi connectivity index (χ2v) is 8.37. The van der Waals surface area contributed by atoms with E-state index in [1.807, 2.05) is 18.2 Å². The smallest absolute Gasteiger partial charge is 0.253 e. The molecule has 1 aliphatic heterocycles. The lowest BCUT2D eigenvalue weighted by Gasteiger charge is -2.30. The van der Waals surface area contributed by atoms with Gasteiger partial charge in [-0.1, -0.05) is 11.6 Å². The number of piperazine rings is 1. The summed E-state index contributed by atoms with van der Waals surface area (Å²) in [6.45, 7) is 3.76. The molecule has 1 aromatic heterocycles. The van der Waals surface area contributed by atoms with Gasteiger partial charge in [-0.15, -0.1) is 12.4 Å². The highest BCUT2D eigenvalue weighted by Gasteiger charge is 2.24. The van der Waals surface area contributed by atoms with E-state index in [-0.39, 0.29) is 30.5 Å². The maximum atomic E-state index is 12.6. The third-order valence-electron chi connectivity index (χ3n) is 5.82. The lowest BCUT2D eigenvalue weighted by molar-refractivity contribution is 0.0893. The zero-order valence-electron chi connectivity index (χ0n) is 17.7. The van der Waals surface area contributed by atoms with E-state index in [4.69, 9.17) is 21.6 Å². The van der Waals surface area contributed by atoms with Crippen LogP contribution in [0.1, 0.15) is 41.6 Å². The van der Waals surface area contributed by atoms with Crippen LogP contribution in [0, 0.1) is 11.3 Å². The van der Waals surface area contributed by atoms with E-state index in [0.29, 0.717) is 21.9 Å². The summed E-state index contributed by atoms with van der Waals surface area (Å²) in [5, 5.41) is 15.8. The fourth-order valence-electron chi connectivity index (χ4n) is 4.05. The molecule has 1 saturated heterocycles. The number of amides is 1. The van der Waals surface area contributed by atoms with Crippen LogP contribution < -0.4 is 20.3 Å². The molecule has 9 heteroatoms. The van der Waals surface area contributed by atoms with Crippen LogP contribution in [0.2, 0.25) is 5.02 Å². The van der Waals surface area contributed by atoms with Gasteiger partial charge in [0, 0.05) is 44.5 Å². The lowest BCUT2D eigenvalue weighted by atomic mass is 9.92. The van der Waals surface area contributed by atoms with Gasteiger partial charge in [0.1, 0.15) is 17.6 Å². The number of carbonyl (C=O) groups is 1. The summed E-state index contributed by atoms with van der Waals surface area (Å²) < 4.78 is 6.02. The first-order valence-electron chi connectivity index (χ1n) is 10.7. The van der Waals surface area contributed by atoms with Crippen molar-refractivity contribution in [3.63, 3.8) is 0 Å². The molecule has 1 aromatic carbocycles. The number of nitrogens with one attached hydrogen (secondary N) is 2. The van der Waals surface area contributed by atoms with Crippen molar-refractivity contribution in [1.29, 1.82) is 5.26 Å². The third-order valence-corrected chi connectivity index (χ3v) is 6.14. The predicted molar refractivity (Wildman–Crippen MR) is 127 cm³/mol. The Morgan fingerprint density at radius 3 is 2.56 bits per heavy atom. The number of halogens is 2. The molecule has 2 fully saturated rings. The monoisotopic (exact) mass is 475 g/mol. The van der Waals surface area contributed by atoms with Gasteiger partial charge in [0.2, 0.25) is 0 Å². The molecule has 0 atom stereocenters. The van der Waals surface area contributed by atoms with Gasteiger partial charge in [0.15, 0.2) is 0 Å². The normalized spacial score (nSPS) is 20.6. The topological polar surface area (TPSA) is 90.3 Å². The van der Waals surface area contributed by atoms with E-state index in [0.717, 1.165) is 57.7 Å². The van der Waals surface area contributed by atoms with Crippen LogP contribution in [-0.2, 0) is 0 Å². The number of nitrogens with zero attached hydrogens (tertiary/aromatic N) is 3. The van der Waals surface area contributed by atoms with Crippen molar-refractivity contribution in [2.45, 2.75) is 37.8 Å². The van der Waals surface area contributed by atoms with E-state index < -0.39 is 0 Å². The maximum absolute atomic E-state index is 12.6. The molecule has 7 nitrogen and oxygen atoms in total. The van der Waals surface area contributed by atoms with Gasteiger partial charge in [-0.25, -0.2) is 4.98 Å². The van der Waals surface area contributed by atoms with Gasteiger partial charge in [0.25, 0.3) is 5.91 Å². The molecular weight excluding hydrogens is 449 g/mol. The summed E-state index contributed by atoms with van der Waals surface area (Å²) in [6, 6.07) is 11.1. The number of pyridine rings is 1. The average molecular weight is 476 g/mol. The zero-order chi connectivity index (χ0) is 21.6. The van der Waals surface area contributed by atoms with Crippen LogP contribution >= 0.6 is 24.0 Å². The predicted octanol–water partition coefficient (Wildman–Crippen LogP) is 3.56. The second-order valence-electron chi connectivity index (χ2n) is 7.96. The summed E-state index contributed by atoms with van der Waals surface area (Å²) in [6.07, 6.45) is 5.15. The Morgan fingerprint density at radius 2 is 1.94 bits per heavy atom. The highest BCUT2D eigenvalue weighted by molar-refractivity contribution is 6.31. The highest BCUT2D eigenvalue weighted by Crippen LogP contribution is 2.27. The lowest BCUT2D eigenvalue weighted by Crippen LogP contribution is -2.44. The Bertz CT molecular complexity index is 950. The molecule has 170 valence electrons. The number of hydrogen-bond donors (Lipinski definition) is 2. The van der Waals surface area contributed by atoms with E-state index in [1.165, 1.54) is 0 Å². The third kappa shape index (κ3) is 6.04. The highest BCUT2D eigenvalue weighted by atomic mass is 35.5. The Labute approximate surface area is 199 Å². The van der Waals surface area contributed by atoms with E-state index in [1.54, 1.807) is 24.4 Å². The minimum absolute atomic E-state index is 0. The summed E-state index contributed by atoms with van der Waals surface area (Å²) in [5.74, 6) is 1.51. The molecule has 0 radical (unpaired) electrons. The number of hydrogen-bond acceptors (Lipinski definition) is 6. The number of benzene rings is 1. The standard InChI is InChI=1S/C23H26ClN5O2.ClH/c24-21-13-20(5-1-16(21)14-25)31-19-6-3-18(4-7-19)28-23(30)17-2-8-22(27-15-17)29-11-9-26-10-12-29;/h1-2,5,8,13,15,18-19,26H,3-4,6-7,9-12H2,(H,28,30);1H. The Morgan fingerprint density at radius 1 is 1.19 bits per heavy atom. The molecule has 0 spiro atoms. The van der Waals surface area contributed by atoms with Gasteiger partial charge < -0.3 is 20.3 Å². The SMILES string of the molecule is Cl.N#Cc1ccc(OC2CCC(NC(=O)c3ccc(N4CCNCC4)nc3)CC2)cc1Cl. The fraction of sp³-hybridized carbons (Fsp3) is 0.435. The van der Waals surface area contributed by atoms with Crippen molar-refractivity contribution in [2.75, 3.05) is 31.1 Å². The summed E-state index contributed by atoms with van der Waals surface area (Å²) in [4.78, 5) is 19.3. The quantitative estimate of drug-likeness (QED) is 0.686. The van der Waals surface area contributed by atoms with Crippen molar-refractivity contribution < 1.29 is 9.53 Å². The molecule has 2 N–H and O–H groups in total. The van der Waals surface area contributed by atoms with Crippen LogP contribution in [0.4, 0.5) is 5.82 Å².